The predicted molar refractivity (Wildman–Crippen MR) is 174 cm³/mol. The van der Waals surface area contributed by atoms with Crippen molar-refractivity contribution in [3.63, 3.8) is 0 Å². The average Bonchev–Trinajstić information content (AvgIpc) is 3.32. The van der Waals surface area contributed by atoms with Crippen LogP contribution >= 0.6 is 11.8 Å². The van der Waals surface area contributed by atoms with Crippen molar-refractivity contribution in [3.05, 3.63) is 76.9 Å². The van der Waals surface area contributed by atoms with Crippen LogP contribution < -0.4 is 0 Å². The Morgan fingerprint density at radius 1 is 0.854 bits per heavy atom. The lowest BCUT2D eigenvalue weighted by atomic mass is 9.49. The van der Waals surface area contributed by atoms with Gasteiger partial charge in [0.15, 0.2) is 5.79 Å². The van der Waals surface area contributed by atoms with E-state index in [2.05, 4.69) is 26.0 Å². The number of thioether (sulfide) groups is 1. The Kier molecular flexibility index (Phi) is 8.27. The van der Waals surface area contributed by atoms with Crippen molar-refractivity contribution in [1.82, 2.24) is 0 Å². The minimum atomic E-state index is -5.88. The number of benzene rings is 2. The lowest BCUT2D eigenvalue weighted by Gasteiger charge is -2.59. The lowest BCUT2D eigenvalue weighted by Crippen LogP contribution is -2.65. The van der Waals surface area contributed by atoms with Gasteiger partial charge >= 0.3 is 12.1 Å². The molecule has 0 radical (unpaired) electrons. The topological polar surface area (TPSA) is 58.9 Å². The van der Waals surface area contributed by atoms with Crippen LogP contribution in [0.1, 0.15) is 89.2 Å². The highest BCUT2D eigenvalue weighted by molar-refractivity contribution is 7.98. The Morgan fingerprint density at radius 2 is 1.52 bits per heavy atom. The second-order valence-corrected chi connectivity index (χ2v) is 17.1. The fraction of sp³-hybridized carbons (Fsp3) is 0.632. The molecule has 1 heterocycles. The van der Waals surface area contributed by atoms with Gasteiger partial charge in [0, 0.05) is 40.2 Å². The van der Waals surface area contributed by atoms with Crippen molar-refractivity contribution in [2.75, 3.05) is 13.2 Å². The standard InChI is InChI=1S/C38H45F5O4S/c1-32(2)22-46-35(47-23-32)17-14-30-31-27(13-16-34(30,44)21-35)29-15-18-36(45,37(39,40)38(41,42)43)33(29,3)19-28(31)25-9-11-26(12-10-25)48-20-24-7-5-4-6-8-24/h4-12,27-29,44-45H,13-23H2,1-3H3/t27?,28-,29?,33?,34-,36+/m1/s1. The Bertz CT molecular complexity index is 1550. The molecule has 1 aliphatic heterocycles. The first kappa shape index (κ1) is 34.5. The first-order valence-electron chi connectivity index (χ1n) is 17.1. The summed E-state index contributed by atoms with van der Waals surface area (Å²) in [5, 5.41) is 24.0. The zero-order valence-corrected chi connectivity index (χ0v) is 28.5. The smallest absolute Gasteiger partial charge is 0.385 e. The second kappa shape index (κ2) is 11.5. The number of halogens is 5. The maximum Gasteiger partial charge on any atom is 0.456 e. The van der Waals surface area contributed by atoms with Crippen LogP contribution in [0.15, 0.2) is 70.6 Å². The molecule has 3 saturated carbocycles. The SMILES string of the molecule is CC1(C)COC2(CCC3=C4C(CC[C@@]3(O)C2)C2CC[C@@](O)(C(F)(F)C(F)(F)F)C2(C)C[C@@H]4c2ccc(SCc3ccccc3)cc2)OC1. The molecule has 7 rings (SSSR count). The van der Waals surface area contributed by atoms with E-state index >= 15 is 8.78 Å². The van der Waals surface area contributed by atoms with Gasteiger partial charge in [-0.3, -0.25) is 0 Å². The van der Waals surface area contributed by atoms with E-state index in [1.165, 1.54) is 12.5 Å². The third-order valence-corrected chi connectivity index (χ3v) is 13.5. The summed E-state index contributed by atoms with van der Waals surface area (Å²) < 4.78 is 85.3. The van der Waals surface area contributed by atoms with E-state index in [4.69, 9.17) is 9.47 Å². The number of ether oxygens (including phenoxy) is 2. The van der Waals surface area contributed by atoms with Gasteiger partial charge in [0.1, 0.15) is 5.60 Å². The van der Waals surface area contributed by atoms with E-state index in [9.17, 15) is 23.4 Å². The lowest BCUT2D eigenvalue weighted by molar-refractivity contribution is -0.362. The Balaban J connectivity index is 1.27. The summed E-state index contributed by atoms with van der Waals surface area (Å²) in [6.07, 6.45) is -4.52. The first-order chi connectivity index (χ1) is 22.4. The van der Waals surface area contributed by atoms with E-state index in [1.807, 2.05) is 42.5 Å². The van der Waals surface area contributed by atoms with Gasteiger partial charge in [0.25, 0.3) is 0 Å². The van der Waals surface area contributed by atoms with Crippen LogP contribution in [0.5, 0.6) is 0 Å². The van der Waals surface area contributed by atoms with E-state index < -0.39 is 52.8 Å². The summed E-state index contributed by atoms with van der Waals surface area (Å²) in [6.45, 7) is 6.58. The molecule has 2 aromatic rings. The molecule has 4 fully saturated rings. The quantitative estimate of drug-likeness (QED) is 0.186. The first-order valence-corrected chi connectivity index (χ1v) is 18.1. The van der Waals surface area contributed by atoms with Gasteiger partial charge in [0.05, 0.1) is 18.8 Å². The molecule has 10 heteroatoms. The molecule has 0 amide bonds. The molecule has 2 aromatic carbocycles. The minimum absolute atomic E-state index is 0.0611. The molecule has 5 aliphatic rings. The molecule has 4 nitrogen and oxygen atoms in total. The Morgan fingerprint density at radius 3 is 2.17 bits per heavy atom. The van der Waals surface area contributed by atoms with Crippen LogP contribution in [0, 0.1) is 22.7 Å². The van der Waals surface area contributed by atoms with E-state index in [0.717, 1.165) is 27.4 Å². The maximum absolute atomic E-state index is 15.4. The largest absolute Gasteiger partial charge is 0.456 e. The van der Waals surface area contributed by atoms with Crippen LogP contribution in [0.25, 0.3) is 0 Å². The van der Waals surface area contributed by atoms with Crippen molar-refractivity contribution in [3.8, 4) is 0 Å². The van der Waals surface area contributed by atoms with Gasteiger partial charge in [-0.05, 0) is 79.2 Å². The van der Waals surface area contributed by atoms with Gasteiger partial charge in [-0.2, -0.15) is 22.0 Å². The molecule has 6 atom stereocenters. The normalized spacial score (nSPS) is 36.0. The van der Waals surface area contributed by atoms with Crippen LogP contribution in [-0.2, 0) is 15.2 Å². The zero-order chi connectivity index (χ0) is 34.4. The van der Waals surface area contributed by atoms with E-state index in [1.54, 1.807) is 11.8 Å². The number of fused-ring (bicyclic) bond motifs is 4. The fourth-order valence-corrected chi connectivity index (χ4v) is 10.7. The van der Waals surface area contributed by atoms with E-state index in [-0.39, 0.29) is 30.6 Å². The molecule has 1 spiro atoms. The minimum Gasteiger partial charge on any atom is -0.385 e. The van der Waals surface area contributed by atoms with Gasteiger partial charge in [-0.15, -0.1) is 11.8 Å². The van der Waals surface area contributed by atoms with Crippen molar-refractivity contribution in [1.29, 1.82) is 0 Å². The second-order valence-electron chi connectivity index (χ2n) is 16.0. The van der Waals surface area contributed by atoms with Crippen molar-refractivity contribution in [2.45, 2.75) is 118 Å². The molecule has 1 saturated heterocycles. The summed E-state index contributed by atoms with van der Waals surface area (Å²) in [7, 11) is 0. The molecule has 4 aliphatic carbocycles. The number of hydrogen-bond acceptors (Lipinski definition) is 5. The van der Waals surface area contributed by atoms with Crippen LogP contribution in [0.4, 0.5) is 22.0 Å². The highest BCUT2D eigenvalue weighted by Gasteiger charge is 2.79. The molecule has 48 heavy (non-hydrogen) atoms. The third-order valence-electron chi connectivity index (χ3n) is 12.4. The maximum atomic E-state index is 15.4. The zero-order valence-electron chi connectivity index (χ0n) is 27.7. The molecule has 3 unspecified atom stereocenters. The predicted octanol–water partition coefficient (Wildman–Crippen LogP) is 9.20. The summed E-state index contributed by atoms with van der Waals surface area (Å²) in [4.78, 5) is 1.01. The van der Waals surface area contributed by atoms with Crippen LogP contribution in [-0.4, -0.2) is 52.5 Å². The molecule has 262 valence electrons. The van der Waals surface area contributed by atoms with Gasteiger partial charge < -0.3 is 19.7 Å². The van der Waals surface area contributed by atoms with E-state index in [0.29, 0.717) is 38.9 Å². The summed E-state index contributed by atoms with van der Waals surface area (Å²) in [6, 6.07) is 17.9. The summed E-state index contributed by atoms with van der Waals surface area (Å²) >= 11 is 1.66. The highest BCUT2D eigenvalue weighted by atomic mass is 32.2. The van der Waals surface area contributed by atoms with Crippen molar-refractivity contribution in [2.24, 2.45) is 22.7 Å². The molecule has 2 N–H and O–H groups in total. The summed E-state index contributed by atoms with van der Waals surface area (Å²) in [5.41, 5.74) is -2.56. The van der Waals surface area contributed by atoms with Gasteiger partial charge in [0.2, 0.25) is 0 Å². The van der Waals surface area contributed by atoms with Gasteiger partial charge in [-0.1, -0.05) is 68.8 Å². The number of rotatable bonds is 5. The number of aliphatic hydroxyl groups is 2. The molecule has 0 aromatic heterocycles. The molecule has 0 bridgehead atoms. The number of hydrogen-bond donors (Lipinski definition) is 2. The average molecular weight is 693 g/mol. The number of allylic oxidation sites excluding steroid dienone is 1. The third kappa shape index (κ3) is 5.38. The van der Waals surface area contributed by atoms with Crippen molar-refractivity contribution < 1.29 is 41.6 Å². The van der Waals surface area contributed by atoms with Gasteiger partial charge in [-0.25, -0.2) is 0 Å². The highest BCUT2D eigenvalue weighted by Crippen LogP contribution is 2.71. The monoisotopic (exact) mass is 692 g/mol. The summed E-state index contributed by atoms with van der Waals surface area (Å²) in [5.74, 6) is -6.89. The van der Waals surface area contributed by atoms with Crippen LogP contribution in [0.3, 0.4) is 0 Å². The number of alkyl halides is 5. The van der Waals surface area contributed by atoms with Crippen LogP contribution in [0.2, 0.25) is 0 Å². The molecular formula is C38H45F5O4S. The van der Waals surface area contributed by atoms with Crippen molar-refractivity contribution >= 4 is 11.8 Å². The Hall–Kier alpha value is -1.98. The molecular weight excluding hydrogens is 647 g/mol. The Labute approximate surface area is 283 Å². The fourth-order valence-electron chi connectivity index (χ4n) is 9.84.